The maximum Gasteiger partial charge on any atom is 0.215 e. The standard InChI is InChI=1S/C17H21NO2S/c1-15-7-5-10-17(13-15)14-21(19,20)18-12-6-11-16-8-3-2-4-9-16/h2-5,7-10,13,18H,6,11-12,14H2,1H3. The lowest BCUT2D eigenvalue weighted by Gasteiger charge is -2.07. The minimum Gasteiger partial charge on any atom is -0.215 e. The average Bonchev–Trinajstić information content (AvgIpc) is 2.44. The third-order valence-electron chi connectivity index (χ3n) is 3.25. The van der Waals surface area contributed by atoms with Crippen LogP contribution >= 0.6 is 0 Å². The SMILES string of the molecule is Cc1cccc(CS(=O)(=O)NCCCc2ccccc2)c1. The molecule has 2 aromatic carbocycles. The van der Waals surface area contributed by atoms with Crippen LogP contribution < -0.4 is 4.72 Å². The van der Waals surface area contributed by atoms with Crippen molar-refractivity contribution in [1.29, 1.82) is 0 Å². The van der Waals surface area contributed by atoms with Crippen LogP contribution in [0, 0.1) is 6.92 Å². The zero-order valence-corrected chi connectivity index (χ0v) is 13.1. The van der Waals surface area contributed by atoms with Gasteiger partial charge in [-0.1, -0.05) is 60.2 Å². The molecule has 2 aromatic rings. The molecule has 0 aromatic heterocycles. The third kappa shape index (κ3) is 5.69. The molecule has 0 aliphatic carbocycles. The molecule has 0 aliphatic rings. The van der Waals surface area contributed by atoms with E-state index in [0.29, 0.717) is 6.54 Å². The van der Waals surface area contributed by atoms with Crippen molar-refractivity contribution in [2.24, 2.45) is 0 Å². The fourth-order valence-corrected chi connectivity index (χ4v) is 3.41. The first-order chi connectivity index (χ1) is 10.1. The Balaban J connectivity index is 1.79. The van der Waals surface area contributed by atoms with Gasteiger partial charge in [0.05, 0.1) is 5.75 Å². The third-order valence-corrected chi connectivity index (χ3v) is 4.60. The number of hydrogen-bond acceptors (Lipinski definition) is 2. The summed E-state index contributed by atoms with van der Waals surface area (Å²) >= 11 is 0. The number of rotatable bonds is 7. The van der Waals surface area contributed by atoms with Crippen LogP contribution in [0.2, 0.25) is 0 Å². The smallest absolute Gasteiger partial charge is 0.215 e. The van der Waals surface area contributed by atoms with Crippen LogP contribution in [0.15, 0.2) is 54.6 Å². The number of nitrogens with one attached hydrogen (secondary N) is 1. The van der Waals surface area contributed by atoms with E-state index in [1.54, 1.807) is 0 Å². The van der Waals surface area contributed by atoms with Crippen LogP contribution in [0.3, 0.4) is 0 Å². The second kappa shape index (κ2) is 7.38. The van der Waals surface area contributed by atoms with Gasteiger partial charge in [0.1, 0.15) is 0 Å². The lowest BCUT2D eigenvalue weighted by molar-refractivity contribution is 0.578. The highest BCUT2D eigenvalue weighted by atomic mass is 32.2. The van der Waals surface area contributed by atoms with Crippen molar-refractivity contribution in [3.8, 4) is 0 Å². The summed E-state index contributed by atoms with van der Waals surface area (Å²) in [4.78, 5) is 0. The van der Waals surface area contributed by atoms with Gasteiger partial charge >= 0.3 is 0 Å². The van der Waals surface area contributed by atoms with Crippen molar-refractivity contribution < 1.29 is 8.42 Å². The van der Waals surface area contributed by atoms with Gasteiger partial charge in [-0.2, -0.15) is 0 Å². The van der Waals surface area contributed by atoms with E-state index < -0.39 is 10.0 Å². The summed E-state index contributed by atoms with van der Waals surface area (Å²) in [5, 5.41) is 0. The van der Waals surface area contributed by atoms with Crippen LogP contribution in [-0.4, -0.2) is 15.0 Å². The second-order valence-electron chi connectivity index (χ2n) is 5.23. The maximum absolute atomic E-state index is 12.0. The van der Waals surface area contributed by atoms with Crippen LogP contribution in [-0.2, 0) is 22.2 Å². The minimum absolute atomic E-state index is 0.0417. The van der Waals surface area contributed by atoms with E-state index in [2.05, 4.69) is 16.9 Å². The van der Waals surface area contributed by atoms with E-state index in [9.17, 15) is 8.42 Å². The Morgan fingerprint density at radius 1 is 0.952 bits per heavy atom. The number of sulfonamides is 1. The molecule has 0 atom stereocenters. The highest BCUT2D eigenvalue weighted by Gasteiger charge is 2.10. The fraction of sp³-hybridized carbons (Fsp3) is 0.294. The van der Waals surface area contributed by atoms with Gasteiger partial charge in [0, 0.05) is 6.54 Å². The molecule has 0 bridgehead atoms. The van der Waals surface area contributed by atoms with E-state index in [1.807, 2.05) is 49.4 Å². The monoisotopic (exact) mass is 303 g/mol. The quantitative estimate of drug-likeness (QED) is 0.799. The van der Waals surface area contributed by atoms with Gasteiger partial charge in [0.25, 0.3) is 0 Å². The summed E-state index contributed by atoms with van der Waals surface area (Å²) in [6.45, 7) is 2.44. The lowest BCUT2D eigenvalue weighted by Crippen LogP contribution is -2.26. The van der Waals surface area contributed by atoms with Gasteiger partial charge in [0.2, 0.25) is 10.0 Å². The molecule has 4 heteroatoms. The maximum atomic E-state index is 12.0. The first-order valence-corrected chi connectivity index (χ1v) is 8.77. The van der Waals surface area contributed by atoms with Crippen molar-refractivity contribution in [2.45, 2.75) is 25.5 Å². The molecule has 0 aliphatic heterocycles. The Bertz CT molecular complexity index is 666. The molecule has 112 valence electrons. The molecule has 0 heterocycles. The second-order valence-corrected chi connectivity index (χ2v) is 7.04. The molecule has 2 rings (SSSR count). The molecule has 1 N–H and O–H groups in total. The fourth-order valence-electron chi connectivity index (χ4n) is 2.24. The van der Waals surface area contributed by atoms with Crippen molar-refractivity contribution >= 4 is 10.0 Å². The number of hydrogen-bond donors (Lipinski definition) is 1. The van der Waals surface area contributed by atoms with E-state index >= 15 is 0 Å². The van der Waals surface area contributed by atoms with Crippen molar-refractivity contribution in [1.82, 2.24) is 4.72 Å². The highest BCUT2D eigenvalue weighted by molar-refractivity contribution is 7.88. The zero-order chi connectivity index (χ0) is 15.1. The summed E-state index contributed by atoms with van der Waals surface area (Å²) < 4.78 is 26.7. The van der Waals surface area contributed by atoms with Crippen molar-refractivity contribution in [2.75, 3.05) is 6.54 Å². The first-order valence-electron chi connectivity index (χ1n) is 7.12. The molecule has 0 unspecified atom stereocenters. The molecular formula is C17H21NO2S. The first kappa shape index (κ1) is 15.7. The van der Waals surface area contributed by atoms with Gasteiger partial charge in [-0.15, -0.1) is 0 Å². The van der Waals surface area contributed by atoms with Gasteiger partial charge in [-0.25, -0.2) is 13.1 Å². The van der Waals surface area contributed by atoms with Gasteiger partial charge in [-0.3, -0.25) is 0 Å². The summed E-state index contributed by atoms with van der Waals surface area (Å²) in [6.07, 6.45) is 1.69. The molecule has 0 amide bonds. The van der Waals surface area contributed by atoms with Gasteiger partial charge < -0.3 is 0 Å². The summed E-state index contributed by atoms with van der Waals surface area (Å²) in [5.41, 5.74) is 3.13. The van der Waals surface area contributed by atoms with Crippen LogP contribution in [0.25, 0.3) is 0 Å². The molecule has 3 nitrogen and oxygen atoms in total. The number of aryl methyl sites for hydroxylation is 2. The lowest BCUT2D eigenvalue weighted by atomic mass is 10.1. The topological polar surface area (TPSA) is 46.2 Å². The Morgan fingerprint density at radius 2 is 1.67 bits per heavy atom. The van der Waals surface area contributed by atoms with E-state index in [1.165, 1.54) is 5.56 Å². The van der Waals surface area contributed by atoms with Crippen molar-refractivity contribution in [3.63, 3.8) is 0 Å². The average molecular weight is 303 g/mol. The predicted molar refractivity (Wildman–Crippen MR) is 86.6 cm³/mol. The minimum atomic E-state index is -3.26. The largest absolute Gasteiger partial charge is 0.215 e. The Hall–Kier alpha value is -1.65. The Kier molecular flexibility index (Phi) is 5.53. The van der Waals surface area contributed by atoms with E-state index in [4.69, 9.17) is 0 Å². The number of benzene rings is 2. The predicted octanol–water partition coefficient (Wildman–Crippen LogP) is 3.05. The normalized spacial score (nSPS) is 11.5. The molecule has 0 radical (unpaired) electrons. The van der Waals surface area contributed by atoms with Crippen LogP contribution in [0.1, 0.15) is 23.1 Å². The molecule has 0 saturated carbocycles. The molecule has 0 spiro atoms. The van der Waals surface area contributed by atoms with Crippen LogP contribution in [0.4, 0.5) is 0 Å². The summed E-state index contributed by atoms with van der Waals surface area (Å²) in [5.74, 6) is 0.0417. The van der Waals surface area contributed by atoms with E-state index in [0.717, 1.165) is 24.0 Å². The molecular weight excluding hydrogens is 282 g/mol. The Labute approximate surface area is 127 Å². The van der Waals surface area contributed by atoms with E-state index in [-0.39, 0.29) is 5.75 Å². The molecule has 0 saturated heterocycles. The van der Waals surface area contributed by atoms with Gasteiger partial charge in [0.15, 0.2) is 0 Å². The summed E-state index contributed by atoms with van der Waals surface area (Å²) in [7, 11) is -3.26. The highest BCUT2D eigenvalue weighted by Crippen LogP contribution is 2.08. The van der Waals surface area contributed by atoms with Gasteiger partial charge in [-0.05, 0) is 30.9 Å². The summed E-state index contributed by atoms with van der Waals surface area (Å²) in [6, 6.07) is 17.7. The van der Waals surface area contributed by atoms with Crippen LogP contribution in [0.5, 0.6) is 0 Å². The zero-order valence-electron chi connectivity index (χ0n) is 12.2. The molecule has 0 fully saturated rings. The van der Waals surface area contributed by atoms with Crippen molar-refractivity contribution in [3.05, 3.63) is 71.3 Å². The molecule has 21 heavy (non-hydrogen) atoms. The Morgan fingerprint density at radius 3 is 2.38 bits per heavy atom.